The van der Waals surface area contributed by atoms with E-state index in [-0.39, 0.29) is 6.10 Å². The molecule has 1 rings (SSSR count). The summed E-state index contributed by atoms with van der Waals surface area (Å²) >= 11 is 0. The van der Waals surface area contributed by atoms with Crippen molar-refractivity contribution < 1.29 is 21.9 Å². The molecule has 0 aromatic rings. The summed E-state index contributed by atoms with van der Waals surface area (Å²) in [6, 6.07) is -0.946. The van der Waals surface area contributed by atoms with Gasteiger partial charge in [-0.25, -0.2) is 12.3 Å². The molecule has 0 aliphatic heterocycles. The highest BCUT2D eigenvalue weighted by molar-refractivity contribution is 6.58. The maximum absolute atomic E-state index is 11.9. The quantitative estimate of drug-likeness (QED) is 0.429. The molecule has 0 radical (unpaired) electrons. The molecular weight excluding hydrogens is 225 g/mol. The Morgan fingerprint density at radius 3 is 2.33 bits per heavy atom. The summed E-state index contributed by atoms with van der Waals surface area (Å²) in [6.07, 6.45) is 4.11. The van der Waals surface area contributed by atoms with Crippen LogP contribution in [0, 0.1) is 0 Å². The Morgan fingerprint density at radius 1 is 1.20 bits per heavy atom. The molecule has 1 fully saturated rings. The lowest BCUT2D eigenvalue weighted by atomic mass is 9.98. The second-order valence-corrected chi connectivity index (χ2v) is 5.60. The van der Waals surface area contributed by atoms with E-state index >= 15 is 0 Å². The fraction of sp³-hybridized carbons (Fsp3) is 0.889. The molecule has 2 nitrogen and oxygen atoms in total. The molecule has 1 saturated carbocycles. The van der Waals surface area contributed by atoms with Crippen molar-refractivity contribution in [3.05, 3.63) is 0 Å². The van der Waals surface area contributed by atoms with Crippen molar-refractivity contribution in [3.63, 3.8) is 0 Å². The molecule has 0 aromatic heterocycles. The van der Waals surface area contributed by atoms with Crippen molar-refractivity contribution in [1.82, 2.24) is 0 Å². The molecule has 0 amide bonds. The molecule has 0 spiro atoms. The molecule has 0 heterocycles. The molecule has 88 valence electrons. The van der Waals surface area contributed by atoms with Crippen LogP contribution >= 0.6 is 0 Å². The van der Waals surface area contributed by atoms with Gasteiger partial charge in [0, 0.05) is 6.04 Å². The van der Waals surface area contributed by atoms with E-state index in [1.54, 1.807) is 0 Å². The fourth-order valence-corrected chi connectivity index (χ4v) is 2.16. The number of carbonyl (C=O) groups excluding carboxylic acids is 1. The third kappa shape index (κ3) is 5.81. The maximum atomic E-state index is 11.9. The van der Waals surface area contributed by atoms with E-state index in [4.69, 9.17) is 4.74 Å². The normalized spacial score (nSPS) is 18.9. The van der Waals surface area contributed by atoms with Crippen LogP contribution in [0.4, 0.5) is 12.3 Å². The first-order chi connectivity index (χ1) is 6.97. The molecule has 6 heteroatoms. The van der Waals surface area contributed by atoms with Gasteiger partial charge in [-0.15, -0.1) is 0 Å². The lowest BCUT2D eigenvalue weighted by molar-refractivity contribution is -0.150. The van der Waals surface area contributed by atoms with Crippen LogP contribution < -0.4 is 0 Å². The highest BCUT2D eigenvalue weighted by Gasteiger charge is 2.37. The minimum absolute atomic E-state index is 0.138. The number of ether oxygens (including phenoxy) is 1. The Labute approximate surface area is 88.3 Å². The summed E-state index contributed by atoms with van der Waals surface area (Å²) in [4.78, 5) is 11.1. The van der Waals surface area contributed by atoms with Crippen molar-refractivity contribution in [1.29, 1.82) is 0 Å². The zero-order valence-electron chi connectivity index (χ0n) is 8.48. The first-order valence-corrected chi connectivity index (χ1v) is 7.08. The Hall–Kier alpha value is -0.523. The molecule has 15 heavy (non-hydrogen) atoms. The van der Waals surface area contributed by atoms with Gasteiger partial charge >= 0.3 is 15.0 Å². The van der Waals surface area contributed by atoms with Gasteiger partial charge in [-0.3, -0.25) is 4.79 Å². The largest absolute Gasteiger partial charge is 0.616 e. The van der Waals surface area contributed by atoms with E-state index < -0.39 is 27.5 Å². The third-order valence-corrected chi connectivity index (χ3v) is 3.28. The van der Waals surface area contributed by atoms with Crippen molar-refractivity contribution in [3.8, 4) is 0 Å². The standard InChI is InChI=1S/C9H15F3O2Si/c10-15(11,12)7-6-9(13)14-8-4-2-1-3-5-8/h8H,1-7H2. The van der Waals surface area contributed by atoms with Gasteiger partial charge in [0.2, 0.25) is 0 Å². The van der Waals surface area contributed by atoms with Gasteiger partial charge < -0.3 is 4.74 Å². The van der Waals surface area contributed by atoms with Gasteiger partial charge in [0.25, 0.3) is 0 Å². The predicted octanol–water partition coefficient (Wildman–Crippen LogP) is 3.10. The number of halogens is 3. The van der Waals surface area contributed by atoms with E-state index in [9.17, 15) is 17.1 Å². The highest BCUT2D eigenvalue weighted by atomic mass is 28.5. The van der Waals surface area contributed by atoms with Crippen LogP contribution in [-0.4, -0.2) is 21.1 Å². The molecule has 0 N–H and O–H groups in total. The van der Waals surface area contributed by atoms with E-state index in [1.165, 1.54) is 0 Å². The van der Waals surface area contributed by atoms with Crippen molar-refractivity contribution >= 4 is 15.0 Å². The number of hydrogen-bond acceptors (Lipinski definition) is 2. The maximum Gasteiger partial charge on any atom is 0.616 e. The Kier molecular flexibility index (Phi) is 4.63. The number of esters is 1. The molecule has 0 bridgehead atoms. The number of hydrogen-bond donors (Lipinski definition) is 0. The zero-order chi connectivity index (χ0) is 11.3. The van der Waals surface area contributed by atoms with Gasteiger partial charge in [-0.1, -0.05) is 6.42 Å². The lowest BCUT2D eigenvalue weighted by Gasteiger charge is -2.21. The Balaban J connectivity index is 2.17. The summed E-state index contributed by atoms with van der Waals surface area (Å²) in [5, 5.41) is 0. The van der Waals surface area contributed by atoms with Gasteiger partial charge in [-0.2, -0.15) is 0 Å². The van der Waals surface area contributed by atoms with Crippen molar-refractivity contribution in [2.75, 3.05) is 0 Å². The van der Waals surface area contributed by atoms with Gasteiger partial charge in [0.05, 0.1) is 6.42 Å². The van der Waals surface area contributed by atoms with Gasteiger partial charge in [0.1, 0.15) is 6.10 Å². The van der Waals surface area contributed by atoms with Crippen LogP contribution in [0.1, 0.15) is 38.5 Å². The summed E-state index contributed by atoms with van der Waals surface area (Å²) in [7, 11) is -5.59. The summed E-state index contributed by atoms with van der Waals surface area (Å²) in [6.45, 7) is 0. The minimum atomic E-state index is -5.59. The van der Waals surface area contributed by atoms with E-state index in [0.29, 0.717) is 0 Å². The van der Waals surface area contributed by atoms with Gasteiger partial charge in [0.15, 0.2) is 0 Å². The monoisotopic (exact) mass is 240 g/mol. The number of rotatable bonds is 4. The van der Waals surface area contributed by atoms with Crippen LogP contribution in [-0.2, 0) is 9.53 Å². The second-order valence-electron chi connectivity index (χ2n) is 3.87. The summed E-state index contributed by atoms with van der Waals surface area (Å²) < 4.78 is 40.7. The van der Waals surface area contributed by atoms with E-state index in [1.807, 2.05) is 0 Å². The average Bonchev–Trinajstić information content (AvgIpc) is 2.15. The molecule has 1 aliphatic rings. The van der Waals surface area contributed by atoms with Crippen LogP contribution in [0.15, 0.2) is 0 Å². The topological polar surface area (TPSA) is 26.3 Å². The SMILES string of the molecule is O=C(CC[Si](F)(F)F)OC1CCCCC1. The Bertz CT molecular complexity index is 212. The summed E-state index contributed by atoms with van der Waals surface area (Å²) in [5.41, 5.74) is 0. The summed E-state index contributed by atoms with van der Waals surface area (Å²) in [5.74, 6) is -0.688. The molecular formula is C9H15F3O2Si. The van der Waals surface area contributed by atoms with Crippen LogP contribution in [0.25, 0.3) is 0 Å². The van der Waals surface area contributed by atoms with Crippen LogP contribution in [0.3, 0.4) is 0 Å². The molecule has 0 saturated heterocycles. The number of carbonyl (C=O) groups is 1. The molecule has 0 atom stereocenters. The highest BCUT2D eigenvalue weighted by Crippen LogP contribution is 2.22. The Morgan fingerprint density at radius 2 is 1.80 bits per heavy atom. The second kappa shape index (κ2) is 5.53. The molecule has 0 aromatic carbocycles. The van der Waals surface area contributed by atoms with E-state index in [2.05, 4.69) is 0 Å². The lowest BCUT2D eigenvalue weighted by Crippen LogP contribution is -2.23. The molecule has 0 unspecified atom stereocenters. The molecule has 1 aliphatic carbocycles. The van der Waals surface area contributed by atoms with E-state index in [0.717, 1.165) is 32.1 Å². The third-order valence-electron chi connectivity index (χ3n) is 2.46. The van der Waals surface area contributed by atoms with Crippen molar-refractivity contribution in [2.24, 2.45) is 0 Å². The minimum Gasteiger partial charge on any atom is -0.462 e. The predicted molar refractivity (Wildman–Crippen MR) is 51.5 cm³/mol. The van der Waals surface area contributed by atoms with Crippen LogP contribution in [0.2, 0.25) is 6.04 Å². The average molecular weight is 240 g/mol. The smallest absolute Gasteiger partial charge is 0.462 e. The van der Waals surface area contributed by atoms with Gasteiger partial charge in [-0.05, 0) is 25.7 Å². The first kappa shape index (κ1) is 12.5. The fourth-order valence-electron chi connectivity index (χ4n) is 1.67. The van der Waals surface area contributed by atoms with Crippen molar-refractivity contribution in [2.45, 2.75) is 50.7 Å². The van der Waals surface area contributed by atoms with Crippen LogP contribution in [0.5, 0.6) is 0 Å². The zero-order valence-corrected chi connectivity index (χ0v) is 9.48. The first-order valence-electron chi connectivity index (χ1n) is 5.23.